The van der Waals surface area contributed by atoms with Crippen LogP contribution in [0.1, 0.15) is 21.6 Å². The third-order valence-corrected chi connectivity index (χ3v) is 4.09. The number of carbonyl (C=O) groups is 1. The lowest BCUT2D eigenvalue weighted by atomic mass is 10.1. The summed E-state index contributed by atoms with van der Waals surface area (Å²) in [6, 6.07) is 15.9. The monoisotopic (exact) mass is 323 g/mol. The molecule has 0 bridgehead atoms. The maximum absolute atomic E-state index is 12.9. The molecule has 24 heavy (non-hydrogen) atoms. The second-order valence-corrected chi connectivity index (χ2v) is 5.87. The molecule has 1 aromatic heterocycles. The van der Waals surface area contributed by atoms with Gasteiger partial charge in [-0.25, -0.2) is 0 Å². The minimum Gasteiger partial charge on any atom is -0.395 e. The number of aliphatic hydroxyl groups is 1. The minimum atomic E-state index is -0.156. The van der Waals surface area contributed by atoms with Crippen molar-refractivity contribution in [2.75, 3.05) is 19.7 Å². The molecule has 1 amide bonds. The van der Waals surface area contributed by atoms with Crippen LogP contribution in [-0.4, -0.2) is 45.8 Å². The summed E-state index contributed by atoms with van der Waals surface area (Å²) in [7, 11) is 0. The van der Waals surface area contributed by atoms with Gasteiger partial charge in [0.1, 0.15) is 0 Å². The first-order valence-corrected chi connectivity index (χ1v) is 8.08. The third kappa shape index (κ3) is 3.46. The fraction of sp³-hybridized carbons (Fsp3) is 0.263. The van der Waals surface area contributed by atoms with E-state index in [1.165, 1.54) is 0 Å². The molecule has 0 saturated heterocycles. The number of H-pyrrole nitrogens is 1. The number of fused-ring (bicyclic) bond motifs is 1. The number of benzene rings is 2. The van der Waals surface area contributed by atoms with Gasteiger partial charge < -0.3 is 10.0 Å². The number of rotatable bonds is 6. The molecule has 0 fully saturated rings. The number of hydrogen-bond donors (Lipinski definition) is 2. The zero-order valence-electron chi connectivity index (χ0n) is 13.7. The highest BCUT2D eigenvalue weighted by atomic mass is 16.3. The van der Waals surface area contributed by atoms with E-state index in [2.05, 4.69) is 10.2 Å². The van der Waals surface area contributed by atoms with Crippen LogP contribution in [0.5, 0.6) is 0 Å². The van der Waals surface area contributed by atoms with Crippen LogP contribution in [0, 0.1) is 6.92 Å². The van der Waals surface area contributed by atoms with Gasteiger partial charge >= 0.3 is 0 Å². The predicted molar refractivity (Wildman–Crippen MR) is 94.0 cm³/mol. The van der Waals surface area contributed by atoms with Crippen LogP contribution in [0.25, 0.3) is 10.9 Å². The number of aromatic amines is 1. The van der Waals surface area contributed by atoms with Crippen LogP contribution in [0.3, 0.4) is 0 Å². The van der Waals surface area contributed by atoms with E-state index in [-0.39, 0.29) is 12.5 Å². The molecule has 1 heterocycles. The highest BCUT2D eigenvalue weighted by Crippen LogP contribution is 2.19. The summed E-state index contributed by atoms with van der Waals surface area (Å²) < 4.78 is 0. The summed E-state index contributed by atoms with van der Waals surface area (Å²) in [6.07, 6.45) is 0.744. The van der Waals surface area contributed by atoms with E-state index in [9.17, 15) is 9.90 Å². The number of aliphatic hydroxyl groups excluding tert-OH is 1. The SMILES string of the molecule is Cc1ccc2[nH]nc(C(=O)N(CCO)CCc3ccccc3)c2c1. The number of nitrogens with one attached hydrogen (secondary N) is 1. The van der Waals surface area contributed by atoms with Gasteiger partial charge in [-0.15, -0.1) is 0 Å². The molecule has 0 aliphatic rings. The Hall–Kier alpha value is -2.66. The molecule has 0 unspecified atom stereocenters. The van der Waals surface area contributed by atoms with Crippen LogP contribution in [0.15, 0.2) is 48.5 Å². The van der Waals surface area contributed by atoms with Crippen molar-refractivity contribution in [2.45, 2.75) is 13.3 Å². The number of hydrogen-bond acceptors (Lipinski definition) is 3. The molecule has 0 aliphatic carbocycles. The Balaban J connectivity index is 1.81. The summed E-state index contributed by atoms with van der Waals surface area (Å²) in [5.74, 6) is -0.156. The summed E-state index contributed by atoms with van der Waals surface area (Å²) in [4.78, 5) is 14.5. The van der Waals surface area contributed by atoms with E-state index < -0.39 is 0 Å². The van der Waals surface area contributed by atoms with Crippen LogP contribution in [0.4, 0.5) is 0 Å². The largest absolute Gasteiger partial charge is 0.395 e. The normalized spacial score (nSPS) is 10.9. The topological polar surface area (TPSA) is 69.2 Å². The lowest BCUT2D eigenvalue weighted by Gasteiger charge is -2.21. The standard InChI is InChI=1S/C19H21N3O2/c1-14-7-8-17-16(13-14)18(21-20-17)19(24)22(11-12-23)10-9-15-5-3-2-4-6-15/h2-8,13,23H,9-12H2,1H3,(H,20,21). The molecular formula is C19H21N3O2. The van der Waals surface area contributed by atoms with Gasteiger partial charge in [-0.05, 0) is 31.0 Å². The summed E-state index contributed by atoms with van der Waals surface area (Å²) in [5.41, 5.74) is 3.50. The van der Waals surface area contributed by atoms with Crippen molar-refractivity contribution in [1.82, 2.24) is 15.1 Å². The van der Waals surface area contributed by atoms with Crippen molar-refractivity contribution in [3.63, 3.8) is 0 Å². The lowest BCUT2D eigenvalue weighted by molar-refractivity contribution is 0.0720. The van der Waals surface area contributed by atoms with E-state index in [0.29, 0.717) is 18.8 Å². The van der Waals surface area contributed by atoms with Gasteiger partial charge in [0, 0.05) is 18.5 Å². The molecule has 0 saturated carbocycles. The first-order valence-electron chi connectivity index (χ1n) is 8.08. The molecule has 5 nitrogen and oxygen atoms in total. The average molecular weight is 323 g/mol. The maximum atomic E-state index is 12.9. The highest BCUT2D eigenvalue weighted by Gasteiger charge is 2.20. The van der Waals surface area contributed by atoms with Gasteiger partial charge in [0.25, 0.3) is 5.91 Å². The zero-order valence-corrected chi connectivity index (χ0v) is 13.7. The predicted octanol–water partition coefficient (Wildman–Crippen LogP) is 2.55. The molecule has 2 N–H and O–H groups in total. The fourth-order valence-electron chi connectivity index (χ4n) is 2.78. The Morgan fingerprint density at radius 1 is 1.17 bits per heavy atom. The van der Waals surface area contributed by atoms with Crippen LogP contribution < -0.4 is 0 Å². The molecular weight excluding hydrogens is 302 g/mol. The molecule has 3 aromatic rings. The van der Waals surface area contributed by atoms with Gasteiger partial charge in [0.15, 0.2) is 5.69 Å². The van der Waals surface area contributed by atoms with Crippen molar-refractivity contribution in [1.29, 1.82) is 0 Å². The van der Waals surface area contributed by atoms with Gasteiger partial charge in [-0.1, -0.05) is 42.0 Å². The third-order valence-electron chi connectivity index (χ3n) is 4.09. The lowest BCUT2D eigenvalue weighted by Crippen LogP contribution is -2.35. The van der Waals surface area contributed by atoms with Gasteiger partial charge in [-0.3, -0.25) is 9.89 Å². The Bertz CT molecular complexity index is 827. The van der Waals surface area contributed by atoms with Crippen LogP contribution in [0.2, 0.25) is 0 Å². The molecule has 0 aliphatic heterocycles. The molecule has 0 spiro atoms. The summed E-state index contributed by atoms with van der Waals surface area (Å²) in [6.45, 7) is 2.76. The van der Waals surface area contributed by atoms with Crippen molar-refractivity contribution in [3.8, 4) is 0 Å². The summed E-state index contributed by atoms with van der Waals surface area (Å²) in [5, 5.41) is 17.2. The molecule has 2 aromatic carbocycles. The molecule has 0 atom stereocenters. The second kappa shape index (κ2) is 7.27. The minimum absolute atomic E-state index is 0.0675. The van der Waals surface area contributed by atoms with Crippen molar-refractivity contribution < 1.29 is 9.90 Å². The fourth-order valence-corrected chi connectivity index (χ4v) is 2.78. The van der Waals surface area contributed by atoms with E-state index in [1.54, 1.807) is 4.90 Å². The van der Waals surface area contributed by atoms with Crippen molar-refractivity contribution in [3.05, 3.63) is 65.4 Å². The Kier molecular flexibility index (Phi) is 4.91. The van der Waals surface area contributed by atoms with Gasteiger partial charge in [-0.2, -0.15) is 5.10 Å². The first-order chi connectivity index (χ1) is 11.7. The Labute approximate surface area is 140 Å². The Morgan fingerprint density at radius 3 is 2.71 bits per heavy atom. The zero-order chi connectivity index (χ0) is 16.9. The number of aryl methyl sites for hydroxylation is 1. The molecule has 124 valence electrons. The van der Waals surface area contributed by atoms with Gasteiger partial charge in [0.05, 0.1) is 12.1 Å². The quantitative estimate of drug-likeness (QED) is 0.732. The van der Waals surface area contributed by atoms with E-state index in [1.807, 2.05) is 55.5 Å². The van der Waals surface area contributed by atoms with E-state index in [4.69, 9.17) is 0 Å². The molecule has 0 radical (unpaired) electrons. The van der Waals surface area contributed by atoms with Crippen LogP contribution >= 0.6 is 0 Å². The number of aromatic nitrogens is 2. The molecule has 3 rings (SSSR count). The van der Waals surface area contributed by atoms with E-state index in [0.717, 1.165) is 28.5 Å². The van der Waals surface area contributed by atoms with Gasteiger partial charge in [0.2, 0.25) is 0 Å². The Morgan fingerprint density at radius 2 is 1.96 bits per heavy atom. The number of carbonyl (C=O) groups excluding carboxylic acids is 1. The van der Waals surface area contributed by atoms with E-state index >= 15 is 0 Å². The summed E-state index contributed by atoms with van der Waals surface area (Å²) >= 11 is 0. The van der Waals surface area contributed by atoms with Crippen molar-refractivity contribution in [2.24, 2.45) is 0 Å². The average Bonchev–Trinajstić information content (AvgIpc) is 3.02. The molecule has 5 heteroatoms. The number of amides is 1. The second-order valence-electron chi connectivity index (χ2n) is 5.87. The number of nitrogens with zero attached hydrogens (tertiary/aromatic N) is 2. The van der Waals surface area contributed by atoms with Crippen LogP contribution in [-0.2, 0) is 6.42 Å². The maximum Gasteiger partial charge on any atom is 0.275 e. The highest BCUT2D eigenvalue weighted by molar-refractivity contribution is 6.04. The smallest absolute Gasteiger partial charge is 0.275 e. The van der Waals surface area contributed by atoms with Crippen molar-refractivity contribution >= 4 is 16.8 Å². The first kappa shape index (κ1) is 16.2.